The summed E-state index contributed by atoms with van der Waals surface area (Å²) in [6.07, 6.45) is 10.5. The number of halogens is 1. The Bertz CT molecular complexity index is 592. The summed E-state index contributed by atoms with van der Waals surface area (Å²) >= 11 is 3.41. The highest BCUT2D eigenvalue weighted by Gasteiger charge is 2.10. The first-order chi connectivity index (χ1) is 9.85. The van der Waals surface area contributed by atoms with E-state index in [2.05, 4.69) is 44.7 Å². The molecule has 2 rings (SSSR count). The third kappa shape index (κ3) is 5.01. The SMILES string of the molecule is CS(C)(C)CCOCn1cc(Br)nc1-c1ccc(N)nc1. The average molecular weight is 373 g/mol. The van der Waals surface area contributed by atoms with Crippen LogP contribution in [0.3, 0.4) is 0 Å². The van der Waals surface area contributed by atoms with Gasteiger partial charge in [0.15, 0.2) is 0 Å². The van der Waals surface area contributed by atoms with E-state index in [1.165, 1.54) is 0 Å². The molecule has 0 atom stereocenters. The van der Waals surface area contributed by atoms with Gasteiger partial charge in [-0.05, 0) is 46.8 Å². The van der Waals surface area contributed by atoms with Crippen LogP contribution in [0.25, 0.3) is 11.4 Å². The first kappa shape index (κ1) is 16.3. The number of hydrogen-bond donors (Lipinski definition) is 1. The van der Waals surface area contributed by atoms with Crippen LogP contribution in [0.2, 0.25) is 0 Å². The first-order valence-electron chi connectivity index (χ1n) is 6.53. The molecule has 2 heterocycles. The number of nitrogens with two attached hydrogens (primary N) is 1. The van der Waals surface area contributed by atoms with Gasteiger partial charge in [0.25, 0.3) is 0 Å². The minimum Gasteiger partial charge on any atom is -0.384 e. The standard InChI is InChI=1S/C14H21BrN4OS/c1-21(2,3)7-6-20-10-19-9-12(15)18-14(19)11-4-5-13(16)17-8-11/h4-5,8-9H,6-7,10H2,1-3H3,(H2,16,17). The molecule has 0 aliphatic rings. The van der Waals surface area contributed by atoms with Crippen molar-refractivity contribution >= 4 is 31.8 Å². The molecule has 0 amide bonds. The van der Waals surface area contributed by atoms with Gasteiger partial charge >= 0.3 is 0 Å². The summed E-state index contributed by atoms with van der Waals surface area (Å²) in [4.78, 5) is 8.57. The normalized spacial score (nSPS) is 12.6. The molecule has 2 aromatic rings. The maximum Gasteiger partial charge on any atom is 0.144 e. The summed E-state index contributed by atoms with van der Waals surface area (Å²) in [5.41, 5.74) is 6.53. The van der Waals surface area contributed by atoms with Crippen LogP contribution in [0.1, 0.15) is 0 Å². The molecule has 0 fully saturated rings. The lowest BCUT2D eigenvalue weighted by atomic mass is 10.2. The molecule has 0 radical (unpaired) electrons. The Morgan fingerprint density at radius 2 is 2.10 bits per heavy atom. The zero-order chi connectivity index (χ0) is 15.5. The minimum atomic E-state index is -0.523. The highest BCUT2D eigenvalue weighted by atomic mass is 79.9. The Morgan fingerprint density at radius 3 is 2.71 bits per heavy atom. The van der Waals surface area contributed by atoms with E-state index >= 15 is 0 Å². The second-order valence-corrected chi connectivity index (χ2v) is 11.1. The van der Waals surface area contributed by atoms with Crippen molar-refractivity contribution in [3.05, 3.63) is 29.1 Å². The van der Waals surface area contributed by atoms with Crippen LogP contribution in [0.4, 0.5) is 5.82 Å². The Balaban J connectivity index is 2.05. The van der Waals surface area contributed by atoms with E-state index in [9.17, 15) is 0 Å². The van der Waals surface area contributed by atoms with Gasteiger partial charge in [-0.3, -0.25) is 0 Å². The quantitative estimate of drug-likeness (QED) is 0.791. The molecule has 0 saturated heterocycles. The van der Waals surface area contributed by atoms with Crippen molar-refractivity contribution in [1.82, 2.24) is 14.5 Å². The number of aromatic nitrogens is 3. The molecule has 0 aromatic carbocycles. The van der Waals surface area contributed by atoms with Gasteiger partial charge in [0.05, 0.1) is 6.61 Å². The molecule has 5 nitrogen and oxygen atoms in total. The smallest absolute Gasteiger partial charge is 0.144 e. The predicted octanol–water partition coefficient (Wildman–Crippen LogP) is 2.96. The van der Waals surface area contributed by atoms with E-state index in [1.807, 2.05) is 16.8 Å². The van der Waals surface area contributed by atoms with Crippen molar-refractivity contribution in [2.24, 2.45) is 0 Å². The van der Waals surface area contributed by atoms with Gasteiger partial charge in [-0.2, -0.15) is 0 Å². The Hall–Kier alpha value is -1.05. The van der Waals surface area contributed by atoms with Crippen LogP contribution in [0, 0.1) is 0 Å². The number of rotatable bonds is 6. The van der Waals surface area contributed by atoms with Gasteiger partial charge in [0.2, 0.25) is 0 Å². The molecule has 2 aromatic heterocycles. The van der Waals surface area contributed by atoms with Crippen molar-refractivity contribution in [2.75, 3.05) is 36.9 Å². The molecule has 0 saturated carbocycles. The van der Waals surface area contributed by atoms with E-state index < -0.39 is 10.0 Å². The molecule has 0 aliphatic carbocycles. The molecule has 116 valence electrons. The fraction of sp³-hybridized carbons (Fsp3) is 0.429. The second kappa shape index (κ2) is 6.81. The summed E-state index contributed by atoms with van der Waals surface area (Å²) in [6, 6.07) is 3.68. The lowest BCUT2D eigenvalue weighted by molar-refractivity contribution is 0.0907. The number of nitrogens with zero attached hydrogens (tertiary/aromatic N) is 3. The summed E-state index contributed by atoms with van der Waals surface area (Å²) in [6.45, 7) is 1.24. The molecule has 2 N–H and O–H groups in total. The van der Waals surface area contributed by atoms with Gasteiger partial charge in [0.1, 0.15) is 23.0 Å². The van der Waals surface area contributed by atoms with Crippen molar-refractivity contribution in [3.8, 4) is 11.4 Å². The Kier molecular flexibility index (Phi) is 5.29. The number of anilines is 1. The van der Waals surface area contributed by atoms with E-state index in [0.29, 0.717) is 12.5 Å². The molecule has 0 unspecified atom stereocenters. The van der Waals surface area contributed by atoms with Gasteiger partial charge < -0.3 is 15.0 Å². The maximum atomic E-state index is 5.77. The summed E-state index contributed by atoms with van der Waals surface area (Å²) < 4.78 is 8.52. The Morgan fingerprint density at radius 1 is 1.33 bits per heavy atom. The van der Waals surface area contributed by atoms with Crippen LogP contribution in [0.15, 0.2) is 29.1 Å². The molecule has 0 aliphatic heterocycles. The van der Waals surface area contributed by atoms with Gasteiger partial charge in [-0.1, -0.05) is 0 Å². The first-order valence-corrected chi connectivity index (χ1v) is 10.4. The lowest BCUT2D eigenvalue weighted by Gasteiger charge is -2.24. The monoisotopic (exact) mass is 372 g/mol. The fourth-order valence-corrected chi connectivity index (χ4v) is 2.76. The van der Waals surface area contributed by atoms with Gasteiger partial charge in [-0.15, -0.1) is 0 Å². The molecule has 0 bridgehead atoms. The summed E-state index contributed by atoms with van der Waals surface area (Å²) in [5.74, 6) is 2.42. The third-order valence-electron chi connectivity index (χ3n) is 2.86. The van der Waals surface area contributed by atoms with E-state index in [1.54, 1.807) is 12.3 Å². The molecule has 21 heavy (non-hydrogen) atoms. The zero-order valence-corrected chi connectivity index (χ0v) is 14.9. The number of imidazole rings is 1. The molecule has 7 heteroatoms. The van der Waals surface area contributed by atoms with E-state index in [-0.39, 0.29) is 0 Å². The highest BCUT2D eigenvalue weighted by Crippen LogP contribution is 2.33. The lowest BCUT2D eigenvalue weighted by Crippen LogP contribution is -2.10. The summed E-state index contributed by atoms with van der Waals surface area (Å²) in [5, 5.41) is 0. The minimum absolute atomic E-state index is 0.480. The Labute approximate surface area is 135 Å². The molecular weight excluding hydrogens is 352 g/mol. The van der Waals surface area contributed by atoms with Gasteiger partial charge in [-0.25, -0.2) is 20.0 Å². The second-order valence-electron chi connectivity index (χ2n) is 5.66. The van der Waals surface area contributed by atoms with E-state index in [0.717, 1.165) is 28.4 Å². The number of ether oxygens (including phenoxy) is 1. The van der Waals surface area contributed by atoms with E-state index in [4.69, 9.17) is 10.5 Å². The van der Waals surface area contributed by atoms with Crippen LogP contribution in [-0.4, -0.2) is 45.7 Å². The largest absolute Gasteiger partial charge is 0.384 e. The van der Waals surface area contributed by atoms with Crippen LogP contribution >= 0.6 is 26.0 Å². The van der Waals surface area contributed by atoms with Crippen LogP contribution in [0.5, 0.6) is 0 Å². The zero-order valence-electron chi connectivity index (χ0n) is 12.5. The van der Waals surface area contributed by atoms with Crippen molar-refractivity contribution in [3.63, 3.8) is 0 Å². The number of pyridine rings is 1. The van der Waals surface area contributed by atoms with Crippen molar-refractivity contribution in [1.29, 1.82) is 0 Å². The van der Waals surface area contributed by atoms with Gasteiger partial charge in [0, 0.05) is 23.7 Å². The maximum absolute atomic E-state index is 5.77. The molecular formula is C14H21BrN4OS. The fourth-order valence-electron chi connectivity index (χ4n) is 1.72. The third-order valence-corrected chi connectivity index (χ3v) is 4.64. The van der Waals surface area contributed by atoms with Crippen molar-refractivity contribution in [2.45, 2.75) is 6.73 Å². The topological polar surface area (TPSA) is 66.0 Å². The molecule has 0 spiro atoms. The van der Waals surface area contributed by atoms with Crippen molar-refractivity contribution < 1.29 is 4.74 Å². The van der Waals surface area contributed by atoms with Crippen LogP contribution < -0.4 is 5.73 Å². The highest BCUT2D eigenvalue weighted by molar-refractivity contribution is 9.10. The number of hydrogen-bond acceptors (Lipinski definition) is 4. The summed E-state index contributed by atoms with van der Waals surface area (Å²) in [7, 11) is -0.523. The number of nitrogen functional groups attached to an aromatic ring is 1. The predicted molar refractivity (Wildman–Crippen MR) is 93.8 cm³/mol. The average Bonchev–Trinajstić information content (AvgIpc) is 2.76. The van der Waals surface area contributed by atoms with Crippen LogP contribution in [-0.2, 0) is 11.5 Å².